The van der Waals surface area contributed by atoms with Crippen molar-refractivity contribution in [3.8, 4) is 11.5 Å². The van der Waals surface area contributed by atoms with E-state index >= 15 is 0 Å². The SMILES string of the molecule is CN=C(c1ccc(C(=O)Nc2c(OC)cc(Cl)cc2C(=O)Nc2ccc(Cl)cn2)cc1)N(C)C.COc1cc(Cl)cc(C(=O)Nc2ccc(Cl)cn2)c1NC(=O)c1ccc(C(=N)N2CC2)cc1F. The van der Waals surface area contributed by atoms with Gasteiger partial charge in [0.25, 0.3) is 23.6 Å². The predicted molar refractivity (Wildman–Crippen MR) is 264 cm³/mol. The number of carbonyl (C=O) groups is 4. The Morgan fingerprint density at radius 3 is 1.49 bits per heavy atom. The van der Waals surface area contributed by atoms with Gasteiger partial charge in [0.05, 0.1) is 52.3 Å². The van der Waals surface area contributed by atoms with Crippen LogP contribution >= 0.6 is 46.4 Å². The number of rotatable bonds is 12. The molecule has 3 heterocycles. The Balaban J connectivity index is 0.000000224. The van der Waals surface area contributed by atoms with Crippen LogP contribution in [-0.4, -0.2) is 104 Å². The lowest BCUT2D eigenvalue weighted by molar-refractivity contribution is 0.100. The number of amidine groups is 2. The normalized spacial score (nSPS) is 11.6. The van der Waals surface area contributed by atoms with E-state index in [0.29, 0.717) is 21.2 Å². The van der Waals surface area contributed by atoms with E-state index in [1.807, 2.05) is 19.0 Å². The molecular weight excluding hydrogens is 961 g/mol. The van der Waals surface area contributed by atoms with E-state index < -0.39 is 29.4 Å². The van der Waals surface area contributed by atoms with Crippen molar-refractivity contribution in [3.05, 3.63) is 163 Å². The molecule has 68 heavy (non-hydrogen) atoms. The molecule has 1 aliphatic rings. The average molecular weight is 1000 g/mol. The third-order valence-corrected chi connectivity index (χ3v) is 10.7. The molecule has 4 aromatic carbocycles. The second-order valence-electron chi connectivity index (χ2n) is 14.7. The van der Waals surface area contributed by atoms with Gasteiger partial charge in [-0.1, -0.05) is 64.6 Å². The minimum atomic E-state index is -0.804. The minimum Gasteiger partial charge on any atom is -0.494 e. The summed E-state index contributed by atoms with van der Waals surface area (Å²) in [6.07, 6.45) is 2.78. The summed E-state index contributed by atoms with van der Waals surface area (Å²) in [5.41, 5.74) is 1.63. The van der Waals surface area contributed by atoms with Crippen molar-refractivity contribution in [1.29, 1.82) is 5.41 Å². The van der Waals surface area contributed by atoms with Crippen molar-refractivity contribution >= 4 is 105 Å². The molecule has 4 amide bonds. The summed E-state index contributed by atoms with van der Waals surface area (Å²) in [4.78, 5) is 67.9. The first-order chi connectivity index (χ1) is 32.5. The van der Waals surface area contributed by atoms with Gasteiger partial charge in [-0.3, -0.25) is 29.6 Å². The summed E-state index contributed by atoms with van der Waals surface area (Å²) >= 11 is 24.0. The quantitative estimate of drug-likeness (QED) is 0.0446. The largest absolute Gasteiger partial charge is 0.494 e. The molecule has 5 N–H and O–H groups in total. The Hall–Kier alpha value is -7.31. The maximum absolute atomic E-state index is 14.7. The number of halogens is 5. The first kappa shape index (κ1) is 50.1. The van der Waals surface area contributed by atoms with Gasteiger partial charge in [0.2, 0.25) is 0 Å². The van der Waals surface area contributed by atoms with E-state index in [1.165, 1.54) is 69.1 Å². The fourth-order valence-electron chi connectivity index (χ4n) is 6.40. The number of hydrogen-bond acceptors (Lipinski definition) is 10. The Bertz CT molecular complexity index is 2920. The van der Waals surface area contributed by atoms with E-state index in [-0.39, 0.29) is 67.1 Å². The first-order valence-corrected chi connectivity index (χ1v) is 21.6. The monoisotopic (exact) mass is 1000 g/mol. The van der Waals surface area contributed by atoms with Crippen LogP contribution in [0.5, 0.6) is 11.5 Å². The second kappa shape index (κ2) is 22.5. The Morgan fingerprint density at radius 1 is 0.618 bits per heavy atom. The first-order valence-electron chi connectivity index (χ1n) is 20.1. The Labute approximate surface area is 409 Å². The summed E-state index contributed by atoms with van der Waals surface area (Å²) in [6.45, 7) is 1.49. The molecule has 0 bridgehead atoms. The standard InChI is InChI=1S/C24H23Cl2N5O3.C23H18Cl2FN5O3/c1-27-22(31(2)3)14-5-7-15(8-6-14)23(32)30-21-18(11-17(26)12-19(21)34-4)24(33)29-20-10-9-16(25)13-28-20;1-34-18-10-14(25)9-16(23(33)29-19-5-3-13(24)11-28-19)20(18)30-22(32)15-4-2-12(8-17(15)26)21(27)31-6-7-31/h5-13H,1-4H3,(H,30,32)(H,28,29,33);2-5,8-11,27H,6-7H2,1H3,(H,30,32)(H,28,29,33). The van der Waals surface area contributed by atoms with Crippen LogP contribution in [0.25, 0.3) is 0 Å². The number of aliphatic imine (C=N–C) groups is 1. The van der Waals surface area contributed by atoms with Gasteiger partial charge in [0, 0.05) is 85.5 Å². The maximum atomic E-state index is 14.7. The van der Waals surface area contributed by atoms with Crippen LogP contribution in [0.1, 0.15) is 52.6 Å². The highest BCUT2D eigenvalue weighted by molar-refractivity contribution is 6.32. The van der Waals surface area contributed by atoms with Crippen LogP contribution in [0, 0.1) is 11.2 Å². The van der Waals surface area contributed by atoms with Gasteiger partial charge < -0.3 is 40.5 Å². The van der Waals surface area contributed by atoms with Crippen LogP contribution in [0.15, 0.2) is 108 Å². The fraction of sp³-hybridized carbons (Fsp3) is 0.149. The number of nitrogens with one attached hydrogen (secondary N) is 5. The minimum absolute atomic E-state index is 0.00340. The molecule has 6 aromatic rings. The number of nitrogens with zero attached hydrogens (tertiary/aromatic N) is 5. The lowest BCUT2D eigenvalue weighted by atomic mass is 10.1. The molecule has 2 aromatic heterocycles. The van der Waals surface area contributed by atoms with Crippen molar-refractivity contribution < 1.29 is 33.0 Å². The molecule has 0 spiro atoms. The van der Waals surface area contributed by atoms with E-state index in [1.54, 1.807) is 54.4 Å². The summed E-state index contributed by atoms with van der Waals surface area (Å²) in [5.74, 6) is -1.37. The zero-order valence-electron chi connectivity index (χ0n) is 36.8. The smallest absolute Gasteiger partial charge is 0.259 e. The number of anilines is 4. The van der Waals surface area contributed by atoms with Gasteiger partial charge in [-0.25, -0.2) is 14.4 Å². The zero-order chi connectivity index (χ0) is 49.2. The van der Waals surface area contributed by atoms with Crippen LogP contribution in [0.4, 0.5) is 27.4 Å². The summed E-state index contributed by atoms with van der Waals surface area (Å²) in [7, 11) is 8.25. The molecular formula is C47H41Cl4FN10O6. The number of hydrogen-bond donors (Lipinski definition) is 5. The van der Waals surface area contributed by atoms with Gasteiger partial charge in [0.15, 0.2) is 0 Å². The summed E-state index contributed by atoms with van der Waals surface area (Å²) < 4.78 is 25.4. The molecule has 16 nitrogen and oxygen atoms in total. The fourth-order valence-corrected chi connectivity index (χ4v) is 7.04. The molecule has 1 aliphatic heterocycles. The molecule has 21 heteroatoms. The maximum Gasteiger partial charge on any atom is 0.259 e. The highest BCUT2D eigenvalue weighted by atomic mass is 35.5. The van der Waals surface area contributed by atoms with Crippen molar-refractivity contribution in [1.82, 2.24) is 19.8 Å². The number of ether oxygens (including phenoxy) is 2. The molecule has 0 unspecified atom stereocenters. The molecule has 0 saturated carbocycles. The van der Waals surface area contributed by atoms with Crippen molar-refractivity contribution in [3.63, 3.8) is 0 Å². The third kappa shape index (κ3) is 12.6. The van der Waals surface area contributed by atoms with Gasteiger partial charge in [-0.15, -0.1) is 0 Å². The number of carbonyl (C=O) groups excluding carboxylic acids is 4. The number of pyridine rings is 2. The van der Waals surface area contributed by atoms with E-state index in [9.17, 15) is 23.6 Å². The van der Waals surface area contributed by atoms with Crippen molar-refractivity contribution in [2.75, 3.05) is 69.7 Å². The second-order valence-corrected chi connectivity index (χ2v) is 16.4. The van der Waals surface area contributed by atoms with Crippen molar-refractivity contribution in [2.45, 2.75) is 0 Å². The van der Waals surface area contributed by atoms with Gasteiger partial charge in [-0.2, -0.15) is 0 Å². The Kier molecular flexibility index (Phi) is 16.5. The predicted octanol–water partition coefficient (Wildman–Crippen LogP) is 9.52. The third-order valence-electron chi connectivity index (χ3n) is 9.77. The lowest BCUT2D eigenvalue weighted by Crippen LogP contribution is -2.23. The van der Waals surface area contributed by atoms with Gasteiger partial charge >= 0.3 is 0 Å². The van der Waals surface area contributed by atoms with Crippen LogP contribution in [0.2, 0.25) is 20.1 Å². The molecule has 1 saturated heterocycles. The van der Waals surface area contributed by atoms with Crippen LogP contribution < -0.4 is 30.7 Å². The molecule has 0 atom stereocenters. The topological polar surface area (TPSA) is 203 Å². The zero-order valence-corrected chi connectivity index (χ0v) is 39.8. The number of methoxy groups -OCH3 is 2. The number of benzene rings is 4. The molecule has 1 fully saturated rings. The summed E-state index contributed by atoms with van der Waals surface area (Å²) in [5, 5.41) is 19.9. The molecule has 7 rings (SSSR count). The average Bonchev–Trinajstić information content (AvgIpc) is 4.17. The van der Waals surface area contributed by atoms with Crippen molar-refractivity contribution in [2.24, 2.45) is 4.99 Å². The van der Waals surface area contributed by atoms with Crippen LogP contribution in [0.3, 0.4) is 0 Å². The number of amides is 4. The molecule has 0 radical (unpaired) electrons. The molecule has 0 aliphatic carbocycles. The highest BCUT2D eigenvalue weighted by Gasteiger charge is 2.26. The molecule has 350 valence electrons. The highest BCUT2D eigenvalue weighted by Crippen LogP contribution is 2.35. The van der Waals surface area contributed by atoms with Crippen LogP contribution in [-0.2, 0) is 0 Å². The number of aromatic nitrogens is 2. The summed E-state index contributed by atoms with van der Waals surface area (Å²) in [6, 6.07) is 22.8. The van der Waals surface area contributed by atoms with Gasteiger partial charge in [0.1, 0.15) is 40.6 Å². The van der Waals surface area contributed by atoms with E-state index in [2.05, 4.69) is 36.2 Å². The Morgan fingerprint density at radius 2 is 1.07 bits per heavy atom. The van der Waals surface area contributed by atoms with E-state index in [4.69, 9.17) is 61.3 Å². The van der Waals surface area contributed by atoms with Gasteiger partial charge in [-0.05, 0) is 60.7 Å². The van der Waals surface area contributed by atoms with E-state index in [0.717, 1.165) is 30.6 Å². The lowest BCUT2D eigenvalue weighted by Gasteiger charge is -2.17.